The number of nitrogens with one attached hydrogen (secondary N) is 1. The first kappa shape index (κ1) is 15.1. The van der Waals surface area contributed by atoms with Gasteiger partial charge in [0.1, 0.15) is 0 Å². The normalized spacial score (nSPS) is 17.5. The summed E-state index contributed by atoms with van der Waals surface area (Å²) in [4.78, 5) is 14.6. The van der Waals surface area contributed by atoms with E-state index in [0.29, 0.717) is 5.56 Å². The third kappa shape index (κ3) is 3.50. The molecular weight excluding hydrogens is 340 g/mol. The number of amides is 1. The molecule has 1 amide bonds. The summed E-state index contributed by atoms with van der Waals surface area (Å²) >= 11 is 3.37. The van der Waals surface area contributed by atoms with Gasteiger partial charge in [0, 0.05) is 34.5 Å². The van der Waals surface area contributed by atoms with Gasteiger partial charge < -0.3 is 10.2 Å². The van der Waals surface area contributed by atoms with Crippen molar-refractivity contribution in [3.8, 4) is 0 Å². The Balaban J connectivity index is 1.65. The Hall–Kier alpha value is -1.81. The number of carbonyl (C=O) groups is 1. The van der Waals surface area contributed by atoms with E-state index < -0.39 is 0 Å². The first-order valence-electron chi connectivity index (χ1n) is 7.54. The fourth-order valence-electron chi connectivity index (χ4n) is 2.73. The number of benzene rings is 2. The Morgan fingerprint density at radius 2 is 1.82 bits per heavy atom. The summed E-state index contributed by atoms with van der Waals surface area (Å²) < 4.78 is 0.966. The molecule has 2 aromatic carbocycles. The third-order valence-electron chi connectivity index (χ3n) is 4.02. The minimum atomic E-state index is -0.0879. The molecule has 1 heterocycles. The van der Waals surface area contributed by atoms with Crippen LogP contribution in [0.2, 0.25) is 0 Å². The molecule has 1 fully saturated rings. The molecule has 2 aromatic rings. The molecule has 1 atom stereocenters. The first-order valence-corrected chi connectivity index (χ1v) is 8.33. The van der Waals surface area contributed by atoms with Crippen molar-refractivity contribution in [1.29, 1.82) is 0 Å². The van der Waals surface area contributed by atoms with Gasteiger partial charge in [-0.1, -0.05) is 22.9 Å². The molecule has 0 spiro atoms. The van der Waals surface area contributed by atoms with Crippen LogP contribution in [0.15, 0.2) is 53.0 Å². The Labute approximate surface area is 139 Å². The summed E-state index contributed by atoms with van der Waals surface area (Å²) in [5, 5.41) is 2.93. The van der Waals surface area contributed by atoms with Crippen molar-refractivity contribution in [2.75, 3.05) is 23.3 Å². The lowest BCUT2D eigenvalue weighted by molar-refractivity contribution is 0.102. The van der Waals surface area contributed by atoms with Gasteiger partial charge in [0.25, 0.3) is 5.91 Å². The summed E-state index contributed by atoms with van der Waals surface area (Å²) in [6.45, 7) is 4.52. The maximum atomic E-state index is 12.2. The predicted molar refractivity (Wildman–Crippen MR) is 94.5 cm³/mol. The number of halogens is 1. The number of nitrogens with zero attached hydrogens (tertiary/aromatic N) is 1. The van der Waals surface area contributed by atoms with Crippen molar-refractivity contribution in [2.24, 2.45) is 5.92 Å². The summed E-state index contributed by atoms with van der Waals surface area (Å²) in [5.74, 6) is 0.673. The van der Waals surface area contributed by atoms with E-state index in [1.165, 1.54) is 12.1 Å². The van der Waals surface area contributed by atoms with E-state index in [-0.39, 0.29) is 5.91 Å². The molecule has 1 aliphatic rings. The number of hydrogen-bond acceptors (Lipinski definition) is 2. The zero-order valence-electron chi connectivity index (χ0n) is 12.6. The van der Waals surface area contributed by atoms with Gasteiger partial charge in [-0.15, -0.1) is 0 Å². The van der Waals surface area contributed by atoms with Gasteiger partial charge in [0.2, 0.25) is 0 Å². The van der Waals surface area contributed by atoms with E-state index in [9.17, 15) is 4.79 Å². The zero-order valence-corrected chi connectivity index (χ0v) is 14.1. The van der Waals surface area contributed by atoms with Crippen LogP contribution in [0, 0.1) is 5.92 Å². The highest BCUT2D eigenvalue weighted by molar-refractivity contribution is 9.10. The van der Waals surface area contributed by atoms with Gasteiger partial charge in [-0.2, -0.15) is 0 Å². The minimum absolute atomic E-state index is 0.0879. The molecule has 114 valence electrons. The molecule has 3 nitrogen and oxygen atoms in total. The van der Waals surface area contributed by atoms with Crippen LogP contribution in [0.4, 0.5) is 11.4 Å². The molecule has 3 rings (SSSR count). The maximum absolute atomic E-state index is 12.2. The molecule has 4 heteroatoms. The van der Waals surface area contributed by atoms with Crippen molar-refractivity contribution in [2.45, 2.75) is 13.3 Å². The SMILES string of the molecule is CC1CCN(c2ccc(NC(=O)c3ccc(Br)cc3)cc2)C1. The molecule has 0 saturated carbocycles. The number of anilines is 2. The first-order chi connectivity index (χ1) is 10.6. The summed E-state index contributed by atoms with van der Waals surface area (Å²) in [6, 6.07) is 15.4. The summed E-state index contributed by atoms with van der Waals surface area (Å²) in [5.41, 5.74) is 2.70. The molecule has 1 saturated heterocycles. The number of rotatable bonds is 3. The molecule has 0 aliphatic carbocycles. The Morgan fingerprint density at radius 3 is 2.41 bits per heavy atom. The van der Waals surface area contributed by atoms with Crippen LogP contribution >= 0.6 is 15.9 Å². The van der Waals surface area contributed by atoms with E-state index in [1.807, 2.05) is 24.3 Å². The van der Waals surface area contributed by atoms with E-state index in [0.717, 1.165) is 29.2 Å². The van der Waals surface area contributed by atoms with Crippen LogP contribution in [0.3, 0.4) is 0 Å². The lowest BCUT2D eigenvalue weighted by Crippen LogP contribution is -2.19. The third-order valence-corrected chi connectivity index (χ3v) is 4.55. The van der Waals surface area contributed by atoms with Crippen molar-refractivity contribution in [1.82, 2.24) is 0 Å². The zero-order chi connectivity index (χ0) is 15.5. The lowest BCUT2D eigenvalue weighted by atomic mass is 10.2. The summed E-state index contributed by atoms with van der Waals surface area (Å²) in [7, 11) is 0. The Kier molecular flexibility index (Phi) is 4.48. The highest BCUT2D eigenvalue weighted by Gasteiger charge is 2.18. The van der Waals surface area contributed by atoms with Crippen molar-refractivity contribution in [3.05, 3.63) is 58.6 Å². The average Bonchev–Trinajstić information content (AvgIpc) is 2.95. The highest BCUT2D eigenvalue weighted by atomic mass is 79.9. The molecule has 1 unspecified atom stereocenters. The second-order valence-electron chi connectivity index (χ2n) is 5.85. The topological polar surface area (TPSA) is 32.3 Å². The maximum Gasteiger partial charge on any atom is 0.255 e. The van der Waals surface area contributed by atoms with Gasteiger partial charge in [-0.3, -0.25) is 4.79 Å². The van der Waals surface area contributed by atoms with E-state index in [1.54, 1.807) is 12.1 Å². The standard InChI is InChI=1S/C18H19BrN2O/c1-13-10-11-21(12-13)17-8-6-16(7-9-17)20-18(22)14-2-4-15(19)5-3-14/h2-9,13H,10-12H2,1H3,(H,20,22). The molecule has 0 radical (unpaired) electrons. The van der Waals surface area contributed by atoms with Crippen LogP contribution in [-0.4, -0.2) is 19.0 Å². The Bertz CT molecular complexity index is 652. The van der Waals surface area contributed by atoms with E-state index in [2.05, 4.69) is 45.2 Å². The molecule has 0 aromatic heterocycles. The highest BCUT2D eigenvalue weighted by Crippen LogP contribution is 2.25. The quantitative estimate of drug-likeness (QED) is 0.872. The van der Waals surface area contributed by atoms with Gasteiger partial charge in [0.15, 0.2) is 0 Å². The van der Waals surface area contributed by atoms with Gasteiger partial charge >= 0.3 is 0 Å². The van der Waals surface area contributed by atoms with Crippen LogP contribution in [0.25, 0.3) is 0 Å². The second kappa shape index (κ2) is 6.53. The van der Waals surface area contributed by atoms with E-state index >= 15 is 0 Å². The minimum Gasteiger partial charge on any atom is -0.371 e. The van der Waals surface area contributed by atoms with Crippen molar-refractivity contribution < 1.29 is 4.79 Å². The average molecular weight is 359 g/mol. The van der Waals surface area contributed by atoms with Gasteiger partial charge in [-0.05, 0) is 60.9 Å². The van der Waals surface area contributed by atoms with Crippen molar-refractivity contribution in [3.63, 3.8) is 0 Å². The molecule has 1 N–H and O–H groups in total. The molecule has 0 bridgehead atoms. The van der Waals surface area contributed by atoms with Gasteiger partial charge in [-0.25, -0.2) is 0 Å². The lowest BCUT2D eigenvalue weighted by Gasteiger charge is -2.18. The van der Waals surface area contributed by atoms with E-state index in [4.69, 9.17) is 0 Å². The largest absolute Gasteiger partial charge is 0.371 e. The Morgan fingerprint density at radius 1 is 1.14 bits per heavy atom. The molecular formula is C18H19BrN2O. The number of carbonyl (C=O) groups excluding carboxylic acids is 1. The molecule has 1 aliphatic heterocycles. The summed E-state index contributed by atoms with van der Waals surface area (Å²) in [6.07, 6.45) is 1.25. The van der Waals surface area contributed by atoms with Gasteiger partial charge in [0.05, 0.1) is 0 Å². The van der Waals surface area contributed by atoms with Crippen LogP contribution < -0.4 is 10.2 Å². The van der Waals surface area contributed by atoms with Crippen LogP contribution in [0.5, 0.6) is 0 Å². The van der Waals surface area contributed by atoms with Crippen molar-refractivity contribution >= 4 is 33.2 Å². The predicted octanol–water partition coefficient (Wildman–Crippen LogP) is 4.55. The fourth-order valence-corrected chi connectivity index (χ4v) is 2.99. The smallest absolute Gasteiger partial charge is 0.255 e. The second-order valence-corrected chi connectivity index (χ2v) is 6.76. The number of hydrogen-bond donors (Lipinski definition) is 1. The van der Waals surface area contributed by atoms with Crippen LogP contribution in [0.1, 0.15) is 23.7 Å². The fraction of sp³-hybridized carbons (Fsp3) is 0.278. The van der Waals surface area contributed by atoms with Crippen LogP contribution in [-0.2, 0) is 0 Å². The monoisotopic (exact) mass is 358 g/mol. The molecule has 22 heavy (non-hydrogen) atoms.